The standard InChI is InChI=1S/C18H13BrN6O3/c1-27-18(26)28-16-6-5-14-22-23-15(25(14)24-16)8-11-3-2-4-12(7-11)17-20-9-13(19)10-21-17/h2-7,9-10H,8H2,1H3. The summed E-state index contributed by atoms with van der Waals surface area (Å²) in [7, 11) is 1.23. The van der Waals surface area contributed by atoms with Crippen LogP contribution in [0.3, 0.4) is 0 Å². The molecular weight excluding hydrogens is 428 g/mol. The van der Waals surface area contributed by atoms with E-state index in [1.165, 1.54) is 17.7 Å². The van der Waals surface area contributed by atoms with Crippen LogP contribution >= 0.6 is 15.9 Å². The molecule has 1 aromatic carbocycles. The van der Waals surface area contributed by atoms with Crippen molar-refractivity contribution in [1.29, 1.82) is 0 Å². The van der Waals surface area contributed by atoms with E-state index in [1.807, 2.05) is 24.3 Å². The summed E-state index contributed by atoms with van der Waals surface area (Å²) in [6, 6.07) is 11.0. The van der Waals surface area contributed by atoms with Gasteiger partial charge in [0.1, 0.15) is 0 Å². The van der Waals surface area contributed by atoms with E-state index in [4.69, 9.17) is 4.74 Å². The molecular formula is C18H13BrN6O3. The van der Waals surface area contributed by atoms with Crippen molar-refractivity contribution in [3.8, 4) is 17.3 Å². The number of benzene rings is 1. The predicted molar refractivity (Wildman–Crippen MR) is 102 cm³/mol. The number of rotatable bonds is 4. The molecule has 0 N–H and O–H groups in total. The van der Waals surface area contributed by atoms with Gasteiger partial charge in [0.2, 0.25) is 5.88 Å². The summed E-state index contributed by atoms with van der Waals surface area (Å²) in [4.78, 5) is 19.9. The van der Waals surface area contributed by atoms with E-state index in [0.717, 1.165) is 15.6 Å². The average Bonchev–Trinajstić information content (AvgIpc) is 3.11. The molecule has 0 atom stereocenters. The lowest BCUT2D eigenvalue weighted by molar-refractivity contribution is 0.119. The van der Waals surface area contributed by atoms with Gasteiger partial charge in [-0.1, -0.05) is 18.2 Å². The van der Waals surface area contributed by atoms with Crippen molar-refractivity contribution in [1.82, 2.24) is 29.8 Å². The molecule has 9 nitrogen and oxygen atoms in total. The molecule has 3 heterocycles. The summed E-state index contributed by atoms with van der Waals surface area (Å²) in [5, 5.41) is 12.5. The summed E-state index contributed by atoms with van der Waals surface area (Å²) in [5.74, 6) is 1.32. The van der Waals surface area contributed by atoms with Gasteiger partial charge in [0, 0.05) is 30.4 Å². The summed E-state index contributed by atoms with van der Waals surface area (Å²) < 4.78 is 11.8. The summed E-state index contributed by atoms with van der Waals surface area (Å²) in [5.41, 5.74) is 2.42. The molecule has 0 aliphatic rings. The van der Waals surface area contributed by atoms with Gasteiger partial charge in [0.15, 0.2) is 17.3 Å². The number of nitrogens with zero attached hydrogens (tertiary/aromatic N) is 6. The maximum atomic E-state index is 11.3. The van der Waals surface area contributed by atoms with Crippen LogP contribution in [-0.4, -0.2) is 43.0 Å². The Bertz CT molecular complexity index is 1150. The molecule has 0 bridgehead atoms. The van der Waals surface area contributed by atoms with Crippen molar-refractivity contribution in [3.05, 3.63) is 64.7 Å². The lowest BCUT2D eigenvalue weighted by Crippen LogP contribution is -2.10. The smallest absolute Gasteiger partial charge is 0.437 e. The van der Waals surface area contributed by atoms with Crippen LogP contribution in [0.5, 0.6) is 5.88 Å². The Labute approximate surface area is 167 Å². The Hall–Kier alpha value is -3.40. The topological polar surface area (TPSA) is 104 Å². The Balaban J connectivity index is 1.63. The van der Waals surface area contributed by atoms with Crippen LogP contribution in [0.4, 0.5) is 4.79 Å². The molecule has 140 valence electrons. The SMILES string of the molecule is COC(=O)Oc1ccc2nnc(Cc3cccc(-c4ncc(Br)cn4)c3)n2n1. The predicted octanol–water partition coefficient (Wildman–Crippen LogP) is 3.08. The molecule has 4 aromatic rings. The lowest BCUT2D eigenvalue weighted by Gasteiger charge is -2.05. The highest BCUT2D eigenvalue weighted by Gasteiger charge is 2.12. The number of hydrogen-bond donors (Lipinski definition) is 0. The van der Waals surface area contributed by atoms with Crippen molar-refractivity contribution in [2.45, 2.75) is 6.42 Å². The number of hydrogen-bond acceptors (Lipinski definition) is 8. The van der Waals surface area contributed by atoms with E-state index in [-0.39, 0.29) is 5.88 Å². The molecule has 28 heavy (non-hydrogen) atoms. The van der Waals surface area contributed by atoms with Crippen LogP contribution in [-0.2, 0) is 11.2 Å². The van der Waals surface area contributed by atoms with Crippen molar-refractivity contribution in [2.75, 3.05) is 7.11 Å². The van der Waals surface area contributed by atoms with Crippen LogP contribution in [0.2, 0.25) is 0 Å². The molecule has 0 radical (unpaired) electrons. The number of carbonyl (C=O) groups excluding carboxylic acids is 1. The van der Waals surface area contributed by atoms with E-state index in [2.05, 4.69) is 45.9 Å². The largest absolute Gasteiger partial charge is 0.514 e. The van der Waals surface area contributed by atoms with Crippen LogP contribution in [0.25, 0.3) is 17.0 Å². The molecule has 10 heteroatoms. The summed E-state index contributed by atoms with van der Waals surface area (Å²) in [6.07, 6.45) is 3.03. The highest BCUT2D eigenvalue weighted by molar-refractivity contribution is 9.10. The minimum Gasteiger partial charge on any atom is -0.437 e. The second-order valence-corrected chi connectivity index (χ2v) is 6.63. The first-order valence-corrected chi connectivity index (χ1v) is 8.95. The lowest BCUT2D eigenvalue weighted by atomic mass is 10.1. The van der Waals surface area contributed by atoms with Gasteiger partial charge in [0.25, 0.3) is 0 Å². The number of halogens is 1. The number of aromatic nitrogens is 6. The molecule has 0 fully saturated rings. The zero-order valence-electron chi connectivity index (χ0n) is 14.6. The minimum absolute atomic E-state index is 0.0948. The first-order chi connectivity index (χ1) is 13.6. The van der Waals surface area contributed by atoms with Gasteiger partial charge < -0.3 is 9.47 Å². The third kappa shape index (κ3) is 3.81. The Morgan fingerprint density at radius 1 is 1.14 bits per heavy atom. The van der Waals surface area contributed by atoms with Crippen molar-refractivity contribution >= 4 is 27.7 Å². The maximum Gasteiger partial charge on any atom is 0.514 e. The molecule has 0 aliphatic carbocycles. The summed E-state index contributed by atoms with van der Waals surface area (Å²) in [6.45, 7) is 0. The van der Waals surface area contributed by atoms with Gasteiger partial charge in [-0.25, -0.2) is 14.8 Å². The van der Waals surface area contributed by atoms with Crippen LogP contribution in [0, 0.1) is 0 Å². The highest BCUT2D eigenvalue weighted by atomic mass is 79.9. The Morgan fingerprint density at radius 2 is 1.96 bits per heavy atom. The molecule has 0 unspecified atom stereocenters. The van der Waals surface area contributed by atoms with Gasteiger partial charge in [-0.2, -0.15) is 4.52 Å². The maximum absolute atomic E-state index is 11.3. The van der Waals surface area contributed by atoms with Crippen molar-refractivity contribution in [2.24, 2.45) is 0 Å². The van der Waals surface area contributed by atoms with Gasteiger partial charge in [-0.3, -0.25) is 0 Å². The van der Waals surface area contributed by atoms with Gasteiger partial charge >= 0.3 is 6.16 Å². The quantitative estimate of drug-likeness (QED) is 0.445. The van der Waals surface area contributed by atoms with Crippen LogP contribution in [0.1, 0.15) is 11.4 Å². The molecule has 0 saturated carbocycles. The molecule has 0 spiro atoms. The second kappa shape index (κ2) is 7.69. The van der Waals surface area contributed by atoms with Crippen LogP contribution < -0.4 is 4.74 Å². The minimum atomic E-state index is -0.844. The first-order valence-electron chi connectivity index (χ1n) is 8.16. The number of methoxy groups -OCH3 is 1. The van der Waals surface area contributed by atoms with Crippen LogP contribution in [0.15, 0.2) is 53.3 Å². The number of carbonyl (C=O) groups is 1. The fraction of sp³-hybridized carbons (Fsp3) is 0.111. The Morgan fingerprint density at radius 3 is 2.75 bits per heavy atom. The number of fused-ring (bicyclic) bond motifs is 1. The fourth-order valence-corrected chi connectivity index (χ4v) is 2.78. The monoisotopic (exact) mass is 440 g/mol. The second-order valence-electron chi connectivity index (χ2n) is 5.72. The molecule has 0 amide bonds. The average molecular weight is 441 g/mol. The molecule has 0 aliphatic heterocycles. The van der Waals surface area contributed by atoms with Crippen molar-refractivity contribution < 1.29 is 14.3 Å². The molecule has 3 aromatic heterocycles. The summed E-state index contributed by atoms with van der Waals surface area (Å²) >= 11 is 3.33. The van der Waals surface area contributed by atoms with E-state index in [0.29, 0.717) is 23.7 Å². The number of ether oxygens (including phenoxy) is 2. The van der Waals surface area contributed by atoms with E-state index in [9.17, 15) is 4.79 Å². The fourth-order valence-electron chi connectivity index (χ4n) is 2.57. The van der Waals surface area contributed by atoms with Gasteiger partial charge in [-0.05, 0) is 33.6 Å². The third-order valence-corrected chi connectivity index (χ3v) is 4.23. The zero-order valence-corrected chi connectivity index (χ0v) is 16.2. The van der Waals surface area contributed by atoms with E-state index >= 15 is 0 Å². The van der Waals surface area contributed by atoms with E-state index < -0.39 is 6.16 Å². The van der Waals surface area contributed by atoms with Gasteiger partial charge in [0.05, 0.1) is 11.6 Å². The van der Waals surface area contributed by atoms with Gasteiger partial charge in [-0.15, -0.1) is 15.3 Å². The first kappa shape index (κ1) is 18.0. The van der Waals surface area contributed by atoms with Crippen molar-refractivity contribution in [3.63, 3.8) is 0 Å². The zero-order chi connectivity index (χ0) is 19.5. The Kier molecular flexibility index (Phi) is 4.94. The molecule has 4 rings (SSSR count). The molecule has 0 saturated heterocycles. The third-order valence-electron chi connectivity index (χ3n) is 3.83. The normalized spacial score (nSPS) is 10.8. The van der Waals surface area contributed by atoms with E-state index in [1.54, 1.807) is 18.5 Å². The highest BCUT2D eigenvalue weighted by Crippen LogP contribution is 2.19.